The zero-order valence-electron chi connectivity index (χ0n) is 10.3. The van der Waals surface area contributed by atoms with Gasteiger partial charge in [-0.25, -0.2) is 4.79 Å². The topological polar surface area (TPSA) is 53.4 Å². The Bertz CT molecular complexity index is 436. The molecule has 0 amide bonds. The van der Waals surface area contributed by atoms with Crippen molar-refractivity contribution < 1.29 is 9.47 Å². The van der Waals surface area contributed by atoms with E-state index in [2.05, 4.69) is 4.98 Å². The highest BCUT2D eigenvalue weighted by molar-refractivity contribution is 5.06. The Kier molecular flexibility index (Phi) is 3.91. The summed E-state index contributed by atoms with van der Waals surface area (Å²) in [5, 5.41) is 0. The normalized spacial score (nSPS) is 17.3. The van der Waals surface area contributed by atoms with Crippen LogP contribution < -0.4 is 5.69 Å². The zero-order chi connectivity index (χ0) is 12.3. The first-order valence-corrected chi connectivity index (χ1v) is 5.95. The van der Waals surface area contributed by atoms with Crippen LogP contribution in [0.3, 0.4) is 0 Å². The lowest BCUT2D eigenvalue weighted by atomic mass is 10.3. The van der Waals surface area contributed by atoms with Crippen LogP contribution in [-0.2, 0) is 16.0 Å². The summed E-state index contributed by atoms with van der Waals surface area (Å²) in [5.74, 6) is 0. The van der Waals surface area contributed by atoms with Crippen molar-refractivity contribution in [1.29, 1.82) is 0 Å². The van der Waals surface area contributed by atoms with Crippen molar-refractivity contribution in [2.24, 2.45) is 0 Å². The number of rotatable bonds is 3. The van der Waals surface area contributed by atoms with Gasteiger partial charge in [0.25, 0.3) is 0 Å². The molecule has 2 rings (SSSR count). The highest BCUT2D eigenvalue weighted by atomic mass is 16.7. The molecule has 5 nitrogen and oxygen atoms in total. The summed E-state index contributed by atoms with van der Waals surface area (Å²) in [6.07, 6.45) is 1.45. The van der Waals surface area contributed by atoms with Crippen LogP contribution in [0.4, 0.5) is 0 Å². The maximum absolute atomic E-state index is 11.7. The van der Waals surface area contributed by atoms with Crippen LogP contribution in [0.1, 0.15) is 24.2 Å². The first kappa shape index (κ1) is 12.3. The van der Waals surface area contributed by atoms with Gasteiger partial charge in [0.2, 0.25) is 0 Å². The molecule has 1 fully saturated rings. The Hall–Kier alpha value is -1.20. The molecule has 1 aliphatic heterocycles. The van der Waals surface area contributed by atoms with E-state index in [4.69, 9.17) is 9.47 Å². The highest BCUT2D eigenvalue weighted by Gasteiger charge is 2.14. The molecule has 5 heteroatoms. The van der Waals surface area contributed by atoms with E-state index >= 15 is 0 Å². The van der Waals surface area contributed by atoms with E-state index < -0.39 is 0 Å². The van der Waals surface area contributed by atoms with Crippen molar-refractivity contribution in [1.82, 2.24) is 9.55 Å². The van der Waals surface area contributed by atoms with Crippen LogP contribution in [0, 0.1) is 13.8 Å². The molecule has 0 spiro atoms. The van der Waals surface area contributed by atoms with Crippen LogP contribution in [0.15, 0.2) is 10.9 Å². The summed E-state index contributed by atoms with van der Waals surface area (Å²) >= 11 is 0. The quantitative estimate of drug-likeness (QED) is 0.788. The van der Waals surface area contributed by atoms with E-state index in [1.165, 1.54) is 0 Å². The molecule has 2 heterocycles. The van der Waals surface area contributed by atoms with Crippen LogP contribution in [0.25, 0.3) is 0 Å². The lowest BCUT2D eigenvalue weighted by Gasteiger charge is -2.23. The Morgan fingerprint density at radius 3 is 2.76 bits per heavy atom. The lowest BCUT2D eigenvalue weighted by Crippen LogP contribution is -2.30. The Labute approximate surface area is 100 Å². The van der Waals surface area contributed by atoms with Crippen molar-refractivity contribution in [3.63, 3.8) is 0 Å². The van der Waals surface area contributed by atoms with Crippen molar-refractivity contribution in [2.75, 3.05) is 13.2 Å². The fourth-order valence-corrected chi connectivity index (χ4v) is 1.98. The van der Waals surface area contributed by atoms with E-state index in [1.54, 1.807) is 4.57 Å². The third-order valence-corrected chi connectivity index (χ3v) is 2.83. The zero-order valence-corrected chi connectivity index (χ0v) is 10.3. The van der Waals surface area contributed by atoms with Crippen LogP contribution in [0.5, 0.6) is 0 Å². The number of ether oxygens (including phenoxy) is 2. The summed E-state index contributed by atoms with van der Waals surface area (Å²) < 4.78 is 12.6. The minimum atomic E-state index is -0.196. The van der Waals surface area contributed by atoms with Crippen molar-refractivity contribution in [2.45, 2.75) is 39.5 Å². The van der Waals surface area contributed by atoms with E-state index in [-0.39, 0.29) is 12.0 Å². The molecular weight excluding hydrogens is 220 g/mol. The second kappa shape index (κ2) is 5.42. The van der Waals surface area contributed by atoms with Crippen LogP contribution >= 0.6 is 0 Å². The summed E-state index contributed by atoms with van der Waals surface area (Å²) in [6.45, 7) is 5.81. The van der Waals surface area contributed by atoms with E-state index in [9.17, 15) is 4.79 Å². The Balaban J connectivity index is 2.01. The number of aromatic nitrogens is 2. The van der Waals surface area contributed by atoms with Crippen LogP contribution in [-0.4, -0.2) is 29.1 Å². The number of aryl methyl sites for hydroxylation is 2. The molecule has 1 saturated heterocycles. The lowest BCUT2D eigenvalue weighted by molar-refractivity contribution is -0.182. The summed E-state index contributed by atoms with van der Waals surface area (Å²) in [6, 6.07) is 1.91. The van der Waals surface area contributed by atoms with E-state index in [0.717, 1.165) is 31.0 Å². The van der Waals surface area contributed by atoms with Gasteiger partial charge in [0.15, 0.2) is 6.29 Å². The van der Waals surface area contributed by atoms with Crippen molar-refractivity contribution >= 4 is 0 Å². The maximum Gasteiger partial charge on any atom is 0.347 e. The largest absolute Gasteiger partial charge is 0.353 e. The van der Waals surface area contributed by atoms with Gasteiger partial charge in [-0.1, -0.05) is 0 Å². The maximum atomic E-state index is 11.7. The molecule has 0 N–H and O–H groups in total. The van der Waals surface area contributed by atoms with E-state index in [0.29, 0.717) is 13.0 Å². The third kappa shape index (κ3) is 3.14. The fourth-order valence-electron chi connectivity index (χ4n) is 1.98. The van der Waals surface area contributed by atoms with Gasteiger partial charge in [-0.3, -0.25) is 4.57 Å². The number of hydrogen-bond donors (Lipinski definition) is 0. The Morgan fingerprint density at radius 1 is 1.41 bits per heavy atom. The third-order valence-electron chi connectivity index (χ3n) is 2.83. The Morgan fingerprint density at radius 2 is 2.12 bits per heavy atom. The first-order valence-electron chi connectivity index (χ1n) is 5.95. The monoisotopic (exact) mass is 238 g/mol. The molecule has 0 bridgehead atoms. The molecule has 0 aromatic carbocycles. The molecule has 0 aliphatic carbocycles. The van der Waals surface area contributed by atoms with Gasteiger partial charge in [-0.2, -0.15) is 4.98 Å². The SMILES string of the molecule is Cc1cc(C)n(CCC2OCCCO2)c(=O)n1. The second-order valence-corrected chi connectivity index (χ2v) is 4.29. The standard InChI is InChI=1S/C12H18N2O3/c1-9-8-10(2)14(12(15)13-9)5-4-11-16-6-3-7-17-11/h8,11H,3-7H2,1-2H3. The minimum absolute atomic E-state index is 0.184. The molecule has 94 valence electrons. The smallest absolute Gasteiger partial charge is 0.347 e. The molecule has 0 radical (unpaired) electrons. The summed E-state index contributed by atoms with van der Waals surface area (Å²) in [4.78, 5) is 15.6. The average molecular weight is 238 g/mol. The molecule has 0 atom stereocenters. The molecule has 17 heavy (non-hydrogen) atoms. The van der Waals surface area contributed by atoms with Gasteiger partial charge in [0.05, 0.1) is 13.2 Å². The van der Waals surface area contributed by atoms with Crippen molar-refractivity contribution in [3.8, 4) is 0 Å². The van der Waals surface area contributed by atoms with Crippen LogP contribution in [0.2, 0.25) is 0 Å². The fraction of sp³-hybridized carbons (Fsp3) is 0.667. The second-order valence-electron chi connectivity index (χ2n) is 4.29. The van der Waals surface area contributed by atoms with Gasteiger partial charge < -0.3 is 9.47 Å². The summed E-state index contributed by atoms with van der Waals surface area (Å²) in [7, 11) is 0. The predicted molar refractivity (Wildman–Crippen MR) is 62.9 cm³/mol. The van der Waals surface area contributed by atoms with Gasteiger partial charge in [-0.05, 0) is 26.3 Å². The van der Waals surface area contributed by atoms with Gasteiger partial charge in [-0.15, -0.1) is 0 Å². The minimum Gasteiger partial charge on any atom is -0.353 e. The molecular formula is C12H18N2O3. The molecule has 1 aromatic rings. The van der Waals surface area contributed by atoms with Crippen molar-refractivity contribution in [3.05, 3.63) is 27.9 Å². The highest BCUT2D eigenvalue weighted by Crippen LogP contribution is 2.09. The molecule has 1 aliphatic rings. The van der Waals surface area contributed by atoms with Gasteiger partial charge >= 0.3 is 5.69 Å². The average Bonchev–Trinajstić information content (AvgIpc) is 2.29. The predicted octanol–water partition coefficient (Wildman–Crippen LogP) is 1.01. The van der Waals surface area contributed by atoms with E-state index in [1.807, 2.05) is 19.9 Å². The molecule has 0 unspecified atom stereocenters. The van der Waals surface area contributed by atoms with Gasteiger partial charge in [0, 0.05) is 24.4 Å². The molecule has 0 saturated carbocycles. The molecule has 1 aromatic heterocycles. The number of nitrogens with zero attached hydrogens (tertiary/aromatic N) is 2. The first-order chi connectivity index (χ1) is 8.16. The summed E-state index contributed by atoms with van der Waals surface area (Å²) in [5.41, 5.74) is 1.49. The van der Waals surface area contributed by atoms with Gasteiger partial charge in [0.1, 0.15) is 0 Å². The number of hydrogen-bond acceptors (Lipinski definition) is 4.